The fourth-order valence-electron chi connectivity index (χ4n) is 1.95. The Bertz CT molecular complexity index is 523. The maximum atomic E-state index is 11.3. The van der Waals surface area contributed by atoms with Crippen molar-refractivity contribution < 1.29 is 14.3 Å². The van der Waals surface area contributed by atoms with Gasteiger partial charge in [0.05, 0.1) is 5.69 Å². The number of nitrogens with one attached hydrogen (secondary N) is 2. The number of hydrogen-bond acceptors (Lipinski definition) is 3. The number of carbonyl (C=O) groups excluding carboxylic acids is 2. The Labute approximate surface area is 112 Å². The molecule has 0 atom stereocenters. The molecule has 2 rings (SSSR count). The van der Waals surface area contributed by atoms with Crippen LogP contribution in [0.4, 0.5) is 5.69 Å². The van der Waals surface area contributed by atoms with Crippen molar-refractivity contribution in [3.05, 3.63) is 23.8 Å². The van der Waals surface area contributed by atoms with Crippen LogP contribution < -0.4 is 15.4 Å². The van der Waals surface area contributed by atoms with Gasteiger partial charge in [0.2, 0.25) is 5.91 Å². The molecule has 0 radical (unpaired) electrons. The van der Waals surface area contributed by atoms with Crippen LogP contribution in [0, 0.1) is 0 Å². The number of ether oxygens (including phenoxy) is 1. The van der Waals surface area contributed by atoms with Crippen LogP contribution in [0.2, 0.25) is 0 Å². The third-order valence-corrected chi connectivity index (χ3v) is 3.17. The SMILES string of the molecule is CC(=O)NCC(C)(C)c1ccc2c(c1)NC(=O)CO2. The normalized spacial score (nSPS) is 14.2. The third-order valence-electron chi connectivity index (χ3n) is 3.17. The zero-order valence-electron chi connectivity index (χ0n) is 11.4. The summed E-state index contributed by atoms with van der Waals surface area (Å²) in [6.45, 7) is 6.17. The minimum absolute atomic E-state index is 0.0531. The number of fused-ring (bicyclic) bond motifs is 1. The van der Waals surface area contributed by atoms with E-state index < -0.39 is 0 Å². The molecule has 0 saturated carbocycles. The minimum atomic E-state index is -0.219. The maximum Gasteiger partial charge on any atom is 0.262 e. The first-order valence-electron chi connectivity index (χ1n) is 6.20. The number of hydrogen-bond donors (Lipinski definition) is 2. The van der Waals surface area contributed by atoms with E-state index in [1.807, 2.05) is 32.0 Å². The van der Waals surface area contributed by atoms with E-state index in [1.165, 1.54) is 6.92 Å². The highest BCUT2D eigenvalue weighted by molar-refractivity contribution is 5.95. The lowest BCUT2D eigenvalue weighted by Gasteiger charge is -2.27. The van der Waals surface area contributed by atoms with Crippen molar-refractivity contribution in [2.24, 2.45) is 0 Å². The molecule has 19 heavy (non-hydrogen) atoms. The third kappa shape index (κ3) is 3.05. The highest BCUT2D eigenvalue weighted by Crippen LogP contribution is 2.33. The number of anilines is 1. The van der Waals surface area contributed by atoms with Gasteiger partial charge in [0, 0.05) is 18.9 Å². The van der Waals surface area contributed by atoms with E-state index >= 15 is 0 Å². The molecule has 2 N–H and O–H groups in total. The van der Waals surface area contributed by atoms with Gasteiger partial charge < -0.3 is 15.4 Å². The second-order valence-corrected chi connectivity index (χ2v) is 5.34. The van der Waals surface area contributed by atoms with Crippen molar-refractivity contribution in [3.63, 3.8) is 0 Å². The van der Waals surface area contributed by atoms with E-state index in [4.69, 9.17) is 4.74 Å². The molecule has 0 spiro atoms. The molecule has 1 aromatic rings. The second-order valence-electron chi connectivity index (χ2n) is 5.34. The molecular weight excluding hydrogens is 244 g/mol. The van der Waals surface area contributed by atoms with Gasteiger partial charge in [0.15, 0.2) is 6.61 Å². The molecular formula is C14H18N2O3. The summed E-state index contributed by atoms with van der Waals surface area (Å²) >= 11 is 0. The summed E-state index contributed by atoms with van der Waals surface area (Å²) in [6.07, 6.45) is 0. The predicted molar refractivity (Wildman–Crippen MR) is 72.3 cm³/mol. The predicted octanol–water partition coefficient (Wildman–Crippen LogP) is 1.43. The van der Waals surface area contributed by atoms with Crippen LogP contribution in [-0.4, -0.2) is 25.0 Å². The van der Waals surface area contributed by atoms with E-state index in [2.05, 4.69) is 10.6 Å². The molecule has 1 heterocycles. The minimum Gasteiger partial charge on any atom is -0.482 e. The van der Waals surface area contributed by atoms with Gasteiger partial charge >= 0.3 is 0 Å². The summed E-state index contributed by atoms with van der Waals surface area (Å²) in [5.41, 5.74) is 1.50. The number of amides is 2. The van der Waals surface area contributed by atoms with E-state index in [9.17, 15) is 9.59 Å². The lowest BCUT2D eigenvalue weighted by Crippen LogP contribution is -2.35. The molecule has 102 valence electrons. The Morgan fingerprint density at radius 2 is 2.21 bits per heavy atom. The molecule has 0 bridgehead atoms. The van der Waals surface area contributed by atoms with Crippen molar-refractivity contribution in [1.29, 1.82) is 0 Å². The first kappa shape index (κ1) is 13.4. The van der Waals surface area contributed by atoms with Crippen LogP contribution in [0.1, 0.15) is 26.3 Å². The monoisotopic (exact) mass is 262 g/mol. The molecule has 0 aromatic heterocycles. The van der Waals surface area contributed by atoms with Crippen LogP contribution in [0.3, 0.4) is 0 Å². The second kappa shape index (κ2) is 4.91. The van der Waals surface area contributed by atoms with Gasteiger partial charge in [-0.1, -0.05) is 19.9 Å². The van der Waals surface area contributed by atoms with Gasteiger partial charge in [-0.2, -0.15) is 0 Å². The van der Waals surface area contributed by atoms with Gasteiger partial charge in [0.25, 0.3) is 5.91 Å². The van der Waals surface area contributed by atoms with Crippen LogP contribution in [0.15, 0.2) is 18.2 Å². The van der Waals surface area contributed by atoms with Gasteiger partial charge in [0.1, 0.15) is 5.75 Å². The summed E-state index contributed by atoms with van der Waals surface area (Å²) in [5, 5.41) is 5.60. The average Bonchev–Trinajstić information content (AvgIpc) is 2.35. The Morgan fingerprint density at radius 3 is 2.89 bits per heavy atom. The van der Waals surface area contributed by atoms with E-state index in [0.29, 0.717) is 18.0 Å². The summed E-state index contributed by atoms with van der Waals surface area (Å²) in [6, 6.07) is 5.70. The van der Waals surface area contributed by atoms with Crippen molar-refractivity contribution in [2.75, 3.05) is 18.5 Å². The van der Waals surface area contributed by atoms with E-state index in [-0.39, 0.29) is 23.8 Å². The smallest absolute Gasteiger partial charge is 0.262 e. The highest BCUT2D eigenvalue weighted by atomic mass is 16.5. The molecule has 0 saturated heterocycles. The molecule has 0 fully saturated rings. The fraction of sp³-hybridized carbons (Fsp3) is 0.429. The fourth-order valence-corrected chi connectivity index (χ4v) is 1.95. The molecule has 1 aliphatic heterocycles. The zero-order valence-corrected chi connectivity index (χ0v) is 11.4. The van der Waals surface area contributed by atoms with Crippen LogP contribution in [0.25, 0.3) is 0 Å². The Morgan fingerprint density at radius 1 is 1.47 bits per heavy atom. The standard InChI is InChI=1S/C14H18N2O3/c1-9(17)15-8-14(2,3)10-4-5-12-11(6-10)16-13(18)7-19-12/h4-6H,7-8H2,1-3H3,(H,15,17)(H,16,18). The molecule has 5 nitrogen and oxygen atoms in total. The zero-order chi connectivity index (χ0) is 14.0. The number of benzene rings is 1. The summed E-state index contributed by atoms with van der Waals surface area (Å²) < 4.78 is 5.32. The van der Waals surface area contributed by atoms with Crippen LogP contribution >= 0.6 is 0 Å². The van der Waals surface area contributed by atoms with Crippen molar-refractivity contribution in [3.8, 4) is 5.75 Å². The molecule has 0 aliphatic carbocycles. The number of carbonyl (C=O) groups is 2. The van der Waals surface area contributed by atoms with E-state index in [1.54, 1.807) is 0 Å². The largest absolute Gasteiger partial charge is 0.482 e. The average molecular weight is 262 g/mol. The van der Waals surface area contributed by atoms with Gasteiger partial charge in [-0.25, -0.2) is 0 Å². The van der Waals surface area contributed by atoms with Crippen LogP contribution in [0.5, 0.6) is 5.75 Å². The van der Waals surface area contributed by atoms with Gasteiger partial charge in [-0.3, -0.25) is 9.59 Å². The molecule has 0 unspecified atom stereocenters. The first-order valence-corrected chi connectivity index (χ1v) is 6.20. The molecule has 2 amide bonds. The molecule has 1 aliphatic rings. The summed E-state index contributed by atoms with van der Waals surface area (Å²) in [4.78, 5) is 22.3. The molecule has 1 aromatic carbocycles. The van der Waals surface area contributed by atoms with Crippen LogP contribution in [-0.2, 0) is 15.0 Å². The van der Waals surface area contributed by atoms with Crippen molar-refractivity contribution in [2.45, 2.75) is 26.2 Å². The molecule has 5 heteroatoms. The van der Waals surface area contributed by atoms with Crippen molar-refractivity contribution in [1.82, 2.24) is 5.32 Å². The lowest BCUT2D eigenvalue weighted by molar-refractivity contribution is -0.119. The lowest BCUT2D eigenvalue weighted by atomic mass is 9.84. The maximum absolute atomic E-state index is 11.3. The van der Waals surface area contributed by atoms with Crippen molar-refractivity contribution >= 4 is 17.5 Å². The topological polar surface area (TPSA) is 67.4 Å². The Balaban J connectivity index is 2.23. The summed E-state index contributed by atoms with van der Waals surface area (Å²) in [7, 11) is 0. The summed E-state index contributed by atoms with van der Waals surface area (Å²) in [5.74, 6) is 0.477. The van der Waals surface area contributed by atoms with Gasteiger partial charge in [-0.05, 0) is 17.7 Å². The highest BCUT2D eigenvalue weighted by Gasteiger charge is 2.24. The first-order chi connectivity index (χ1) is 8.88. The number of rotatable bonds is 3. The quantitative estimate of drug-likeness (QED) is 0.866. The van der Waals surface area contributed by atoms with E-state index in [0.717, 1.165) is 5.56 Å². The van der Waals surface area contributed by atoms with Gasteiger partial charge in [-0.15, -0.1) is 0 Å². The Hall–Kier alpha value is -2.04. The Kier molecular flexibility index (Phi) is 3.46.